The van der Waals surface area contributed by atoms with Gasteiger partial charge in [0.2, 0.25) is 0 Å². The van der Waals surface area contributed by atoms with Crippen molar-refractivity contribution >= 4 is 35.4 Å². The average molecular weight is 470 g/mol. The summed E-state index contributed by atoms with van der Waals surface area (Å²) in [5.74, 6) is -1.79. The summed E-state index contributed by atoms with van der Waals surface area (Å²) < 4.78 is 10.7. The molecule has 2 fully saturated rings. The zero-order chi connectivity index (χ0) is 23.1. The first-order valence-corrected chi connectivity index (χ1v) is 11.8. The van der Waals surface area contributed by atoms with Gasteiger partial charge < -0.3 is 20.1 Å². The van der Waals surface area contributed by atoms with Gasteiger partial charge in [0.05, 0.1) is 38.5 Å². The van der Waals surface area contributed by atoms with Crippen LogP contribution in [0.4, 0.5) is 4.79 Å². The smallest absolute Gasteiger partial charge is 0.315 e. The number of ether oxygens (including phenoxy) is 2. The number of nitrogens with two attached hydrogens (primary N) is 2. The van der Waals surface area contributed by atoms with Gasteiger partial charge >= 0.3 is 6.03 Å². The number of imide groups is 1. The van der Waals surface area contributed by atoms with E-state index >= 15 is 0 Å². The number of hydrogen-bond donors (Lipinski definition) is 4. The summed E-state index contributed by atoms with van der Waals surface area (Å²) in [6.45, 7) is 0.478. The number of nitrogens with zero attached hydrogens (tertiary/aromatic N) is 1. The van der Waals surface area contributed by atoms with Crippen molar-refractivity contribution in [2.24, 2.45) is 11.5 Å². The van der Waals surface area contributed by atoms with Crippen molar-refractivity contribution < 1.29 is 28.7 Å². The molecule has 178 valence electrons. The number of carbonyl (C=O) groups excluding carboxylic acids is 4. The maximum atomic E-state index is 12.0. The van der Waals surface area contributed by atoms with E-state index in [0.29, 0.717) is 24.7 Å². The Morgan fingerprint density at radius 3 is 2.53 bits per heavy atom. The second kappa shape index (κ2) is 11.2. The normalized spacial score (nSPS) is 24.8. The molecule has 0 aromatic heterocycles. The minimum Gasteiger partial charge on any atom is -0.379 e. The lowest BCUT2D eigenvalue weighted by atomic mass is 10.0. The van der Waals surface area contributed by atoms with Crippen LogP contribution >= 0.6 is 11.8 Å². The fourth-order valence-electron chi connectivity index (χ4n) is 3.95. The average Bonchev–Trinajstić information content (AvgIpc) is 3.38. The van der Waals surface area contributed by atoms with Gasteiger partial charge in [-0.15, -0.1) is 0 Å². The van der Waals surface area contributed by atoms with Crippen molar-refractivity contribution in [3.8, 4) is 0 Å². The minimum absolute atomic E-state index is 0.0784. The summed E-state index contributed by atoms with van der Waals surface area (Å²) in [5.41, 5.74) is 11.6. The first-order valence-electron chi connectivity index (χ1n) is 10.8. The molecule has 0 radical (unpaired) electrons. The molecule has 2 saturated heterocycles. The van der Waals surface area contributed by atoms with Crippen LogP contribution in [0.3, 0.4) is 0 Å². The number of urea groups is 1. The van der Waals surface area contributed by atoms with Crippen LogP contribution in [0.1, 0.15) is 32.1 Å². The van der Waals surface area contributed by atoms with Crippen molar-refractivity contribution in [3.63, 3.8) is 0 Å². The molecule has 4 amide bonds. The number of fused-ring (bicyclic) bond motifs is 1. The van der Waals surface area contributed by atoms with E-state index in [1.54, 1.807) is 0 Å². The van der Waals surface area contributed by atoms with E-state index in [1.165, 1.54) is 0 Å². The van der Waals surface area contributed by atoms with Crippen molar-refractivity contribution in [2.75, 3.05) is 32.2 Å². The monoisotopic (exact) mass is 469 g/mol. The van der Waals surface area contributed by atoms with Crippen LogP contribution in [0.25, 0.3) is 0 Å². The first-order chi connectivity index (χ1) is 15.3. The zero-order valence-electron chi connectivity index (χ0n) is 17.9. The highest BCUT2D eigenvalue weighted by Crippen LogP contribution is 2.33. The molecule has 3 heterocycles. The SMILES string of the molecule is NC(N)(COCCOCCC(=O)CCCC[C@@H]1SC[C@@H]2NC(=O)N[C@@H]21)N1C(=O)C=CC1=O. The summed E-state index contributed by atoms with van der Waals surface area (Å²) in [6.07, 6.45) is 5.83. The molecule has 0 saturated carbocycles. The lowest BCUT2D eigenvalue weighted by Crippen LogP contribution is -2.67. The highest BCUT2D eigenvalue weighted by Gasteiger charge is 2.42. The summed E-state index contributed by atoms with van der Waals surface area (Å²) in [4.78, 5) is 47.4. The molecule has 0 unspecified atom stereocenters. The van der Waals surface area contributed by atoms with Gasteiger partial charge in [-0.2, -0.15) is 11.8 Å². The van der Waals surface area contributed by atoms with Crippen LogP contribution in [0.5, 0.6) is 0 Å². The van der Waals surface area contributed by atoms with Gasteiger partial charge in [0, 0.05) is 36.0 Å². The molecule has 0 aromatic rings. The van der Waals surface area contributed by atoms with Gasteiger partial charge in [-0.1, -0.05) is 6.42 Å². The first kappa shape index (κ1) is 24.6. The predicted molar refractivity (Wildman–Crippen MR) is 117 cm³/mol. The number of rotatable bonds is 14. The molecule has 3 aliphatic heterocycles. The summed E-state index contributed by atoms with van der Waals surface area (Å²) in [7, 11) is 0. The highest BCUT2D eigenvalue weighted by atomic mass is 32.2. The number of hydrogen-bond acceptors (Lipinski definition) is 9. The Hall–Kier alpha value is -1.99. The van der Waals surface area contributed by atoms with E-state index in [0.717, 1.165) is 42.1 Å². The third-order valence-corrected chi connectivity index (χ3v) is 7.10. The van der Waals surface area contributed by atoms with Crippen LogP contribution < -0.4 is 22.1 Å². The number of thioether (sulfide) groups is 1. The third-order valence-electron chi connectivity index (χ3n) is 5.59. The molecule has 0 aliphatic carbocycles. The van der Waals surface area contributed by atoms with Crippen molar-refractivity contribution in [1.82, 2.24) is 15.5 Å². The molecule has 32 heavy (non-hydrogen) atoms. The topological polar surface area (TPSA) is 166 Å². The lowest BCUT2D eigenvalue weighted by Gasteiger charge is -2.32. The van der Waals surface area contributed by atoms with Crippen LogP contribution in [0, 0.1) is 0 Å². The number of amides is 4. The van der Waals surface area contributed by atoms with Gasteiger partial charge in [0.25, 0.3) is 11.8 Å². The van der Waals surface area contributed by atoms with Gasteiger partial charge in [-0.25, -0.2) is 9.69 Å². The van der Waals surface area contributed by atoms with Gasteiger partial charge in [-0.05, 0) is 12.8 Å². The molecule has 3 atom stereocenters. The Morgan fingerprint density at radius 2 is 1.78 bits per heavy atom. The zero-order valence-corrected chi connectivity index (χ0v) is 18.7. The molecular weight excluding hydrogens is 438 g/mol. The lowest BCUT2D eigenvalue weighted by molar-refractivity contribution is -0.147. The number of nitrogens with one attached hydrogen (secondary N) is 2. The molecule has 0 aromatic carbocycles. The summed E-state index contributed by atoms with van der Waals surface area (Å²) >= 11 is 1.88. The Morgan fingerprint density at radius 1 is 1.06 bits per heavy atom. The van der Waals surface area contributed by atoms with Crippen LogP contribution in [0.15, 0.2) is 12.2 Å². The summed E-state index contributed by atoms with van der Waals surface area (Å²) in [6, 6.07) is 0.356. The number of unbranched alkanes of at least 4 members (excludes halogenated alkanes) is 1. The quantitative estimate of drug-likeness (QED) is 0.110. The van der Waals surface area contributed by atoms with E-state index in [1.807, 2.05) is 11.8 Å². The van der Waals surface area contributed by atoms with E-state index in [2.05, 4.69) is 10.6 Å². The van der Waals surface area contributed by atoms with Crippen LogP contribution in [-0.4, -0.2) is 83.8 Å². The Kier molecular flexibility index (Phi) is 8.65. The molecule has 3 aliphatic rings. The third kappa shape index (κ3) is 6.51. The van der Waals surface area contributed by atoms with Crippen LogP contribution in [0.2, 0.25) is 0 Å². The minimum atomic E-state index is -1.73. The van der Waals surface area contributed by atoms with Crippen molar-refractivity contribution in [3.05, 3.63) is 12.2 Å². The van der Waals surface area contributed by atoms with E-state index in [4.69, 9.17) is 20.9 Å². The molecule has 3 rings (SSSR count). The van der Waals surface area contributed by atoms with Gasteiger partial charge in [0.1, 0.15) is 5.78 Å². The maximum absolute atomic E-state index is 12.0. The fourth-order valence-corrected chi connectivity index (χ4v) is 5.50. The largest absolute Gasteiger partial charge is 0.379 e. The standard InChI is InChI=1S/C20H31N5O6S/c21-20(22,25-16(27)5-6-17(25)28)12-31-10-9-30-8-7-13(26)3-1-2-4-15-18-14(11-32-15)23-19(29)24-18/h5-6,14-15,18H,1-4,7-12,21-22H2,(H2,23,24,29)/t14-,15-,18-/m0/s1. The van der Waals surface area contributed by atoms with E-state index in [9.17, 15) is 19.2 Å². The van der Waals surface area contributed by atoms with E-state index < -0.39 is 17.6 Å². The number of carbonyl (C=O) groups is 4. The van der Waals surface area contributed by atoms with Gasteiger partial charge in [-0.3, -0.25) is 25.9 Å². The van der Waals surface area contributed by atoms with Crippen LogP contribution in [-0.2, 0) is 23.9 Å². The maximum Gasteiger partial charge on any atom is 0.315 e. The predicted octanol–water partition coefficient (Wildman–Crippen LogP) is -0.799. The van der Waals surface area contributed by atoms with E-state index in [-0.39, 0.29) is 43.7 Å². The van der Waals surface area contributed by atoms with Gasteiger partial charge in [0.15, 0.2) is 5.79 Å². The highest BCUT2D eigenvalue weighted by molar-refractivity contribution is 8.00. The Bertz CT molecular complexity index is 743. The number of Topliss-reactive ketones (excluding diaryl/α,β-unsaturated/α-hetero) is 1. The Labute approximate surface area is 191 Å². The Balaban J connectivity index is 1.17. The second-order valence-corrected chi connectivity index (χ2v) is 9.43. The van der Waals surface area contributed by atoms with Crippen molar-refractivity contribution in [2.45, 2.75) is 55.2 Å². The molecule has 12 heteroatoms. The molecule has 6 N–H and O–H groups in total. The fraction of sp³-hybridized carbons (Fsp3) is 0.700. The molecule has 11 nitrogen and oxygen atoms in total. The molecule has 0 spiro atoms. The molecular formula is C20H31N5O6S. The summed E-state index contributed by atoms with van der Waals surface area (Å²) in [5, 5.41) is 6.32. The second-order valence-electron chi connectivity index (χ2n) is 8.16. The molecule has 0 bridgehead atoms. The number of ketones is 1. The van der Waals surface area contributed by atoms with Crippen molar-refractivity contribution in [1.29, 1.82) is 0 Å².